The molecule has 2 aliphatic heterocycles. The third-order valence-electron chi connectivity index (χ3n) is 11.1. The van der Waals surface area contributed by atoms with Gasteiger partial charge in [0, 0.05) is 28.6 Å². The molecule has 1 saturated heterocycles. The van der Waals surface area contributed by atoms with E-state index in [-0.39, 0.29) is 28.3 Å². The molecule has 0 N–H and O–H groups in total. The second-order valence-electron chi connectivity index (χ2n) is 17.7. The van der Waals surface area contributed by atoms with Crippen LogP contribution in [0.4, 0.5) is 17.1 Å². The van der Waals surface area contributed by atoms with E-state index in [9.17, 15) is 0 Å². The van der Waals surface area contributed by atoms with Gasteiger partial charge in [0.1, 0.15) is 0 Å². The molecule has 3 aromatic carbocycles. The molecule has 4 atom stereocenters. The third-order valence-corrected chi connectivity index (χ3v) is 11.1. The molecule has 47 heavy (non-hydrogen) atoms. The van der Waals surface area contributed by atoms with Crippen LogP contribution >= 0.6 is 0 Å². The van der Waals surface area contributed by atoms with Gasteiger partial charge in [-0.05, 0) is 89.0 Å². The Hall–Kier alpha value is -3.72. The van der Waals surface area contributed by atoms with Gasteiger partial charge in [-0.2, -0.15) is 0 Å². The molecule has 2 heterocycles. The van der Waals surface area contributed by atoms with Crippen LogP contribution < -0.4 is 15.3 Å². The summed E-state index contributed by atoms with van der Waals surface area (Å²) in [6.07, 6.45) is 12.7. The number of allylic oxidation sites excluding steroid dienone is 4. The molecule has 3 heteroatoms. The fraction of sp³-hybridized carbons (Fsp3) is 0.409. The maximum absolute atomic E-state index is 2.71. The van der Waals surface area contributed by atoms with E-state index in [1.165, 1.54) is 56.1 Å². The molecule has 1 fully saturated rings. The van der Waals surface area contributed by atoms with Crippen LogP contribution in [0.1, 0.15) is 85.9 Å². The minimum Gasteiger partial charge on any atom is -0.339 e. The summed E-state index contributed by atoms with van der Waals surface area (Å²) < 4.78 is 0. The number of rotatable bonds is 2. The molecular formula is C44H53BN2. The second-order valence-corrected chi connectivity index (χ2v) is 17.7. The van der Waals surface area contributed by atoms with Crippen LogP contribution in [0.3, 0.4) is 0 Å². The van der Waals surface area contributed by atoms with Gasteiger partial charge in [0.05, 0.1) is 12.1 Å². The average Bonchev–Trinajstić information content (AvgIpc) is 2.99. The van der Waals surface area contributed by atoms with Crippen molar-refractivity contribution in [3.63, 3.8) is 0 Å². The van der Waals surface area contributed by atoms with Gasteiger partial charge >= 0.3 is 0 Å². The molecular weight excluding hydrogens is 567 g/mol. The number of aryl methyl sites for hydroxylation is 1. The van der Waals surface area contributed by atoms with Gasteiger partial charge in [-0.3, -0.25) is 0 Å². The normalized spacial score (nSPS) is 23.8. The zero-order valence-electron chi connectivity index (χ0n) is 30.5. The van der Waals surface area contributed by atoms with Gasteiger partial charge in [0.25, 0.3) is 0 Å². The van der Waals surface area contributed by atoms with E-state index in [2.05, 4.69) is 183 Å². The molecule has 2 nitrogen and oxygen atoms in total. The van der Waals surface area contributed by atoms with Crippen molar-refractivity contribution in [2.75, 3.05) is 9.80 Å². The number of hydrogen-bond acceptors (Lipinski definition) is 2. The number of hydrogen-bond donors (Lipinski definition) is 0. The van der Waals surface area contributed by atoms with Crippen LogP contribution in [0.2, 0.25) is 11.6 Å². The van der Waals surface area contributed by atoms with Crippen molar-refractivity contribution >= 4 is 29.2 Å². The molecule has 0 saturated carbocycles. The lowest BCUT2D eigenvalue weighted by Crippen LogP contribution is -2.64. The molecule has 0 bridgehead atoms. The predicted octanol–water partition coefficient (Wildman–Crippen LogP) is 10.8. The van der Waals surface area contributed by atoms with E-state index in [1.54, 1.807) is 0 Å². The number of benzene rings is 3. The maximum atomic E-state index is 2.71. The molecule has 3 aromatic rings. The second kappa shape index (κ2) is 10.9. The summed E-state index contributed by atoms with van der Waals surface area (Å²) in [6, 6.07) is 26.5. The van der Waals surface area contributed by atoms with Crippen molar-refractivity contribution in [2.45, 2.75) is 111 Å². The summed E-state index contributed by atoms with van der Waals surface area (Å²) >= 11 is 0. The van der Waals surface area contributed by atoms with Crippen LogP contribution in [0, 0.1) is 12.3 Å². The van der Waals surface area contributed by atoms with Crippen LogP contribution in [0.5, 0.6) is 0 Å². The van der Waals surface area contributed by atoms with Crippen molar-refractivity contribution in [3.8, 4) is 0 Å². The Labute approximate surface area is 285 Å². The van der Waals surface area contributed by atoms with E-state index in [1.807, 2.05) is 0 Å². The van der Waals surface area contributed by atoms with Crippen molar-refractivity contribution in [2.24, 2.45) is 5.41 Å². The summed E-state index contributed by atoms with van der Waals surface area (Å²) in [7, 11) is 0. The lowest BCUT2D eigenvalue weighted by molar-refractivity contribution is 0.506. The molecule has 0 amide bonds. The van der Waals surface area contributed by atoms with E-state index in [4.69, 9.17) is 0 Å². The van der Waals surface area contributed by atoms with Gasteiger partial charge in [-0.15, -0.1) is 0 Å². The van der Waals surface area contributed by atoms with Crippen molar-refractivity contribution < 1.29 is 0 Å². The Bertz CT molecular complexity index is 1820. The van der Waals surface area contributed by atoms with Crippen molar-refractivity contribution in [1.82, 2.24) is 0 Å². The zero-order valence-corrected chi connectivity index (χ0v) is 30.5. The molecule has 7 rings (SSSR count). The highest BCUT2D eigenvalue weighted by molar-refractivity contribution is 6.80. The molecule has 4 unspecified atom stereocenters. The first-order valence-corrected chi connectivity index (χ1v) is 17.7. The molecule has 2 aliphatic carbocycles. The highest BCUT2D eigenvalue weighted by Crippen LogP contribution is 2.56. The van der Waals surface area contributed by atoms with Crippen LogP contribution in [-0.4, -0.2) is 18.8 Å². The number of fused-ring (bicyclic) bond motifs is 4. The minimum absolute atomic E-state index is 0.0655. The molecule has 0 spiro atoms. The lowest BCUT2D eigenvalue weighted by Gasteiger charge is -2.58. The Morgan fingerprint density at radius 3 is 1.83 bits per heavy atom. The van der Waals surface area contributed by atoms with Crippen LogP contribution in [-0.2, 0) is 10.8 Å². The quantitative estimate of drug-likeness (QED) is 0.263. The molecule has 242 valence electrons. The van der Waals surface area contributed by atoms with Gasteiger partial charge in [-0.25, -0.2) is 0 Å². The first-order valence-electron chi connectivity index (χ1n) is 17.7. The summed E-state index contributed by atoms with van der Waals surface area (Å²) in [6.45, 7) is 25.9. The zero-order chi connectivity index (χ0) is 33.6. The summed E-state index contributed by atoms with van der Waals surface area (Å²) in [5.41, 5.74) is 14.0. The molecule has 0 radical (unpaired) electrons. The highest BCUT2D eigenvalue weighted by atomic mass is 15.2. The number of anilines is 3. The van der Waals surface area contributed by atoms with Gasteiger partial charge in [0.2, 0.25) is 6.71 Å². The first kappa shape index (κ1) is 31.9. The summed E-state index contributed by atoms with van der Waals surface area (Å²) in [5.74, 6) is 0.636. The van der Waals surface area contributed by atoms with E-state index in [0.29, 0.717) is 18.3 Å². The van der Waals surface area contributed by atoms with E-state index < -0.39 is 0 Å². The fourth-order valence-corrected chi connectivity index (χ4v) is 8.49. The highest BCUT2D eigenvalue weighted by Gasteiger charge is 2.56. The monoisotopic (exact) mass is 620 g/mol. The topological polar surface area (TPSA) is 6.48 Å². The molecule has 0 aromatic heterocycles. The smallest absolute Gasteiger partial charge is 0.200 e. The average molecular weight is 621 g/mol. The largest absolute Gasteiger partial charge is 0.339 e. The Morgan fingerprint density at radius 2 is 1.21 bits per heavy atom. The fourth-order valence-electron chi connectivity index (χ4n) is 8.49. The van der Waals surface area contributed by atoms with Gasteiger partial charge in [-0.1, -0.05) is 140 Å². The van der Waals surface area contributed by atoms with Gasteiger partial charge < -0.3 is 9.80 Å². The summed E-state index contributed by atoms with van der Waals surface area (Å²) in [5, 5.41) is 0. The lowest BCUT2D eigenvalue weighted by atomic mass is 9.24. The Kier molecular flexibility index (Phi) is 7.39. The maximum Gasteiger partial charge on any atom is 0.200 e. The Morgan fingerprint density at radius 1 is 0.617 bits per heavy atom. The van der Waals surface area contributed by atoms with E-state index >= 15 is 0 Å². The molecule has 4 aliphatic rings. The standard InChI is InChI=1S/C44H53BN2/c1-28-12-18-33(19-13-28)46-37-22-16-31(43(6,7)8)26-35(37)45-36-27-32(44(9,10)11)17-23-38(36)47(40-25-29(2)24-39(46)41(40)45)34-20-14-30(15-21-34)42(3,4)5/h12-27,36,38-39,41H,1-11H3. The third kappa shape index (κ3) is 5.44. The SMILES string of the molecule is CC1=CC2C3B(c4cc(C(C)(C)C)ccc4N2c2ccc(C)cc2)C2C=C(C(C)(C)C)C=CC2N(c2ccc(C(C)(C)C)cc2)C3=C1. The van der Waals surface area contributed by atoms with Gasteiger partial charge in [0.15, 0.2) is 0 Å². The first-order chi connectivity index (χ1) is 22.0. The van der Waals surface area contributed by atoms with Crippen LogP contribution in [0.25, 0.3) is 0 Å². The Balaban J connectivity index is 1.50. The minimum atomic E-state index is 0.0655. The number of nitrogens with zero attached hydrogens (tertiary/aromatic N) is 2. The summed E-state index contributed by atoms with van der Waals surface area (Å²) in [4.78, 5) is 5.37. The predicted molar refractivity (Wildman–Crippen MR) is 205 cm³/mol. The van der Waals surface area contributed by atoms with Crippen molar-refractivity contribution in [1.29, 1.82) is 0 Å². The van der Waals surface area contributed by atoms with E-state index in [0.717, 1.165) is 0 Å². The van der Waals surface area contributed by atoms with Crippen LogP contribution in [0.15, 0.2) is 114 Å². The van der Waals surface area contributed by atoms with Crippen molar-refractivity contribution in [3.05, 3.63) is 131 Å².